The van der Waals surface area contributed by atoms with E-state index < -0.39 is 0 Å². The van der Waals surface area contributed by atoms with Crippen LogP contribution in [0.5, 0.6) is 0 Å². The number of fused-ring (bicyclic) bond motifs is 2. The van der Waals surface area contributed by atoms with Gasteiger partial charge in [-0.15, -0.1) is 0 Å². The van der Waals surface area contributed by atoms with Gasteiger partial charge in [0.2, 0.25) is 0 Å². The van der Waals surface area contributed by atoms with Crippen molar-refractivity contribution in [1.82, 2.24) is 10.2 Å². The Balaban J connectivity index is 1.85. The van der Waals surface area contributed by atoms with Gasteiger partial charge in [0.25, 0.3) is 0 Å². The second-order valence-corrected chi connectivity index (χ2v) is 4.81. The molecule has 82 valence electrons. The second kappa shape index (κ2) is 4.60. The van der Waals surface area contributed by atoms with Gasteiger partial charge in [0.15, 0.2) is 0 Å². The van der Waals surface area contributed by atoms with Gasteiger partial charge in [-0.25, -0.2) is 0 Å². The van der Waals surface area contributed by atoms with Gasteiger partial charge < -0.3 is 15.0 Å². The van der Waals surface area contributed by atoms with Crippen LogP contribution in [-0.2, 0) is 4.74 Å². The van der Waals surface area contributed by atoms with Crippen molar-refractivity contribution >= 4 is 0 Å². The molecule has 0 amide bonds. The largest absolute Gasteiger partial charge is 0.383 e. The molecule has 0 unspecified atom stereocenters. The summed E-state index contributed by atoms with van der Waals surface area (Å²) in [7, 11) is 1.79. The Morgan fingerprint density at radius 2 is 2.29 bits per heavy atom. The van der Waals surface area contributed by atoms with E-state index in [1.807, 2.05) is 0 Å². The predicted molar refractivity (Wildman–Crippen MR) is 57.4 cm³/mol. The first-order chi connectivity index (χ1) is 6.79. The molecule has 3 atom stereocenters. The molecule has 0 aromatic rings. The van der Waals surface area contributed by atoms with Crippen molar-refractivity contribution in [1.29, 1.82) is 0 Å². The quantitative estimate of drug-likeness (QED) is 0.717. The molecule has 2 rings (SSSR count). The van der Waals surface area contributed by atoms with Gasteiger partial charge in [-0.2, -0.15) is 0 Å². The van der Waals surface area contributed by atoms with E-state index in [2.05, 4.69) is 17.1 Å². The van der Waals surface area contributed by atoms with E-state index in [1.54, 1.807) is 7.11 Å². The summed E-state index contributed by atoms with van der Waals surface area (Å²) in [6, 6.07) is 0.705. The number of piperidine rings is 2. The zero-order valence-electron chi connectivity index (χ0n) is 9.33. The molecule has 2 saturated heterocycles. The number of ether oxygens (including phenoxy) is 1. The summed E-state index contributed by atoms with van der Waals surface area (Å²) in [5.41, 5.74) is 0. The molecule has 3 heteroatoms. The lowest BCUT2D eigenvalue weighted by Crippen LogP contribution is -2.55. The summed E-state index contributed by atoms with van der Waals surface area (Å²) < 4.78 is 5.14. The maximum atomic E-state index is 5.14. The fourth-order valence-electron chi connectivity index (χ4n) is 2.78. The molecule has 1 N–H and O–H groups in total. The first-order valence-corrected chi connectivity index (χ1v) is 5.74. The van der Waals surface area contributed by atoms with Crippen LogP contribution >= 0.6 is 0 Å². The maximum Gasteiger partial charge on any atom is 0.0589 e. The molecule has 14 heavy (non-hydrogen) atoms. The molecule has 2 heterocycles. The van der Waals surface area contributed by atoms with Crippen molar-refractivity contribution in [3.63, 3.8) is 0 Å². The normalized spacial score (nSPS) is 38.6. The lowest BCUT2D eigenvalue weighted by molar-refractivity contribution is 0.0530. The van der Waals surface area contributed by atoms with E-state index in [-0.39, 0.29) is 0 Å². The van der Waals surface area contributed by atoms with Crippen LogP contribution in [0.4, 0.5) is 0 Å². The van der Waals surface area contributed by atoms with Crippen LogP contribution in [0.1, 0.15) is 13.3 Å². The molecule has 3 nitrogen and oxygen atoms in total. The monoisotopic (exact) mass is 198 g/mol. The van der Waals surface area contributed by atoms with Crippen LogP contribution in [0, 0.1) is 11.8 Å². The standard InChI is InChI=1S/C11H22N2O/c1-9-11-5-10(6-12-9)7-13(8-11)3-4-14-2/h9-12H,3-8H2,1-2H3/t9-,10+,11-/m0/s1. The van der Waals surface area contributed by atoms with Gasteiger partial charge >= 0.3 is 0 Å². The van der Waals surface area contributed by atoms with Gasteiger partial charge in [0.05, 0.1) is 6.61 Å². The minimum absolute atomic E-state index is 0.705. The van der Waals surface area contributed by atoms with Crippen LogP contribution in [0.2, 0.25) is 0 Å². The summed E-state index contributed by atoms with van der Waals surface area (Å²) in [4.78, 5) is 2.57. The molecule has 0 aromatic carbocycles. The van der Waals surface area contributed by atoms with E-state index in [1.165, 1.54) is 26.1 Å². The Hall–Kier alpha value is -0.120. The van der Waals surface area contributed by atoms with Gasteiger partial charge in [0.1, 0.15) is 0 Å². The number of likely N-dealkylation sites (tertiary alicyclic amines) is 1. The Bertz CT molecular complexity index is 186. The van der Waals surface area contributed by atoms with Crippen LogP contribution in [0.3, 0.4) is 0 Å². The van der Waals surface area contributed by atoms with Gasteiger partial charge in [-0.3, -0.25) is 0 Å². The number of nitrogens with zero attached hydrogens (tertiary/aromatic N) is 1. The van der Waals surface area contributed by atoms with E-state index in [0.29, 0.717) is 6.04 Å². The number of rotatable bonds is 3. The molecule has 2 aliphatic rings. The zero-order valence-corrected chi connectivity index (χ0v) is 9.33. The Morgan fingerprint density at radius 1 is 1.43 bits per heavy atom. The third kappa shape index (κ3) is 2.27. The highest BCUT2D eigenvalue weighted by molar-refractivity contribution is 4.90. The average Bonchev–Trinajstić information content (AvgIpc) is 2.21. The second-order valence-electron chi connectivity index (χ2n) is 4.81. The third-order valence-electron chi connectivity index (χ3n) is 3.69. The molecule has 0 spiro atoms. The third-order valence-corrected chi connectivity index (χ3v) is 3.69. The van der Waals surface area contributed by atoms with Crippen molar-refractivity contribution in [2.75, 3.05) is 39.9 Å². The lowest BCUT2D eigenvalue weighted by Gasteiger charge is -2.44. The van der Waals surface area contributed by atoms with Crippen LogP contribution in [-0.4, -0.2) is 50.8 Å². The van der Waals surface area contributed by atoms with Crippen molar-refractivity contribution in [2.24, 2.45) is 11.8 Å². The van der Waals surface area contributed by atoms with E-state index in [4.69, 9.17) is 4.74 Å². The Morgan fingerprint density at radius 3 is 3.07 bits per heavy atom. The molecule has 0 radical (unpaired) electrons. The molecule has 2 fully saturated rings. The zero-order chi connectivity index (χ0) is 9.97. The number of nitrogens with one attached hydrogen (secondary N) is 1. The minimum atomic E-state index is 0.705. The summed E-state index contributed by atoms with van der Waals surface area (Å²) in [5.74, 6) is 1.74. The first-order valence-electron chi connectivity index (χ1n) is 5.74. The highest BCUT2D eigenvalue weighted by Gasteiger charge is 2.33. The minimum Gasteiger partial charge on any atom is -0.383 e. The van der Waals surface area contributed by atoms with Crippen LogP contribution < -0.4 is 5.32 Å². The van der Waals surface area contributed by atoms with Crippen molar-refractivity contribution in [3.8, 4) is 0 Å². The highest BCUT2D eigenvalue weighted by Crippen LogP contribution is 2.27. The van der Waals surface area contributed by atoms with Gasteiger partial charge in [-0.05, 0) is 31.7 Å². The van der Waals surface area contributed by atoms with E-state index in [0.717, 1.165) is 25.0 Å². The predicted octanol–water partition coefficient (Wildman–Crippen LogP) is 0.563. The molecular formula is C11H22N2O. The Kier molecular flexibility index (Phi) is 3.42. The summed E-state index contributed by atoms with van der Waals surface area (Å²) in [6.45, 7) is 8.03. The molecule has 2 bridgehead atoms. The van der Waals surface area contributed by atoms with Crippen LogP contribution in [0.25, 0.3) is 0 Å². The van der Waals surface area contributed by atoms with Crippen molar-refractivity contribution < 1.29 is 4.74 Å². The SMILES string of the molecule is COCCN1C[C@H]2CN[C@@H](C)[C@@H](C2)C1. The average molecular weight is 198 g/mol. The number of methoxy groups -OCH3 is 1. The number of hydrogen-bond donors (Lipinski definition) is 1. The topological polar surface area (TPSA) is 24.5 Å². The molecule has 2 aliphatic heterocycles. The Labute approximate surface area is 86.8 Å². The molecule has 0 aromatic heterocycles. The summed E-state index contributed by atoms with van der Waals surface area (Å²) in [5, 5.41) is 3.60. The van der Waals surface area contributed by atoms with Crippen molar-refractivity contribution in [3.05, 3.63) is 0 Å². The number of hydrogen-bond acceptors (Lipinski definition) is 3. The van der Waals surface area contributed by atoms with E-state index in [9.17, 15) is 0 Å². The summed E-state index contributed by atoms with van der Waals surface area (Å²) >= 11 is 0. The molecule has 0 saturated carbocycles. The summed E-state index contributed by atoms with van der Waals surface area (Å²) in [6.07, 6.45) is 1.43. The van der Waals surface area contributed by atoms with E-state index >= 15 is 0 Å². The van der Waals surface area contributed by atoms with Gasteiger partial charge in [-0.1, -0.05) is 0 Å². The lowest BCUT2D eigenvalue weighted by atomic mass is 9.81. The van der Waals surface area contributed by atoms with Crippen LogP contribution in [0.15, 0.2) is 0 Å². The first kappa shape index (κ1) is 10.4. The fraction of sp³-hybridized carbons (Fsp3) is 1.00. The van der Waals surface area contributed by atoms with Gasteiger partial charge in [0, 0.05) is 32.8 Å². The maximum absolute atomic E-state index is 5.14. The molecule has 0 aliphatic carbocycles. The smallest absolute Gasteiger partial charge is 0.0589 e. The highest BCUT2D eigenvalue weighted by atomic mass is 16.5. The fourth-order valence-corrected chi connectivity index (χ4v) is 2.78. The molecular weight excluding hydrogens is 176 g/mol. The van der Waals surface area contributed by atoms with Crippen molar-refractivity contribution in [2.45, 2.75) is 19.4 Å².